The van der Waals surface area contributed by atoms with Crippen LogP contribution in [-0.4, -0.2) is 48.4 Å². The minimum absolute atomic E-state index is 0.173. The molecule has 146 valence electrons. The van der Waals surface area contributed by atoms with Gasteiger partial charge in [-0.25, -0.2) is 15.0 Å². The van der Waals surface area contributed by atoms with Gasteiger partial charge in [0.2, 0.25) is 0 Å². The number of methoxy groups -OCH3 is 2. The van der Waals surface area contributed by atoms with Gasteiger partial charge in [0.15, 0.2) is 5.82 Å². The summed E-state index contributed by atoms with van der Waals surface area (Å²) in [6.07, 6.45) is 1.75. The summed E-state index contributed by atoms with van der Waals surface area (Å²) < 4.78 is 16.0. The zero-order valence-corrected chi connectivity index (χ0v) is 17.1. The Morgan fingerprint density at radius 1 is 1.07 bits per heavy atom. The van der Waals surface area contributed by atoms with Crippen molar-refractivity contribution in [1.29, 1.82) is 0 Å². The molecule has 1 aliphatic rings. The lowest BCUT2D eigenvalue weighted by molar-refractivity contribution is 0.0210. The predicted octanol–water partition coefficient (Wildman–Crippen LogP) is 4.13. The van der Waals surface area contributed by atoms with Crippen molar-refractivity contribution in [2.24, 2.45) is 0 Å². The molecule has 0 atom stereocenters. The highest BCUT2D eigenvalue weighted by atomic mass is 35.5. The SMILES string of the molecule is COc1cc(OC)c(Cl)c(-c2cc3cnc(C)nc3c(NC3COC3)n2)c1Cl. The van der Waals surface area contributed by atoms with Crippen LogP contribution in [0.15, 0.2) is 18.3 Å². The first-order valence-electron chi connectivity index (χ1n) is 8.60. The van der Waals surface area contributed by atoms with Crippen molar-refractivity contribution in [2.45, 2.75) is 13.0 Å². The van der Waals surface area contributed by atoms with Crippen LogP contribution in [0.1, 0.15) is 5.82 Å². The molecule has 0 unspecified atom stereocenters. The van der Waals surface area contributed by atoms with Crippen LogP contribution >= 0.6 is 23.2 Å². The number of nitrogens with zero attached hydrogens (tertiary/aromatic N) is 3. The van der Waals surface area contributed by atoms with Gasteiger partial charge in [0.25, 0.3) is 0 Å². The molecule has 0 bridgehead atoms. The second-order valence-electron chi connectivity index (χ2n) is 6.37. The van der Waals surface area contributed by atoms with Gasteiger partial charge in [-0.15, -0.1) is 0 Å². The number of ether oxygens (including phenoxy) is 3. The molecule has 3 heterocycles. The maximum absolute atomic E-state index is 6.57. The van der Waals surface area contributed by atoms with Crippen LogP contribution in [0.2, 0.25) is 10.0 Å². The van der Waals surface area contributed by atoms with Crippen LogP contribution in [-0.2, 0) is 4.74 Å². The maximum Gasteiger partial charge on any atom is 0.153 e. The van der Waals surface area contributed by atoms with Crippen molar-refractivity contribution >= 4 is 39.9 Å². The molecule has 9 heteroatoms. The van der Waals surface area contributed by atoms with Crippen LogP contribution in [0, 0.1) is 6.92 Å². The summed E-state index contributed by atoms with van der Waals surface area (Å²) >= 11 is 13.1. The van der Waals surface area contributed by atoms with Crippen molar-refractivity contribution in [1.82, 2.24) is 15.0 Å². The fourth-order valence-electron chi connectivity index (χ4n) is 2.98. The number of hydrogen-bond donors (Lipinski definition) is 1. The van der Waals surface area contributed by atoms with Crippen molar-refractivity contribution < 1.29 is 14.2 Å². The fraction of sp³-hybridized carbons (Fsp3) is 0.316. The number of halogens is 2. The molecule has 2 aromatic heterocycles. The van der Waals surface area contributed by atoms with E-state index in [1.54, 1.807) is 12.3 Å². The Bertz CT molecular complexity index is 1030. The Morgan fingerprint density at radius 2 is 1.75 bits per heavy atom. The third-order valence-electron chi connectivity index (χ3n) is 4.50. The molecule has 1 fully saturated rings. The highest BCUT2D eigenvalue weighted by molar-refractivity contribution is 6.41. The Balaban J connectivity index is 1.95. The molecule has 3 aromatic rings. The highest BCUT2D eigenvalue weighted by Gasteiger charge is 2.24. The number of anilines is 1. The Morgan fingerprint density at radius 3 is 2.32 bits per heavy atom. The number of rotatable bonds is 5. The van der Waals surface area contributed by atoms with E-state index in [2.05, 4.69) is 15.3 Å². The smallest absolute Gasteiger partial charge is 0.153 e. The maximum atomic E-state index is 6.57. The van der Waals surface area contributed by atoms with Crippen LogP contribution in [0.25, 0.3) is 22.2 Å². The summed E-state index contributed by atoms with van der Waals surface area (Å²) in [5.74, 6) is 2.18. The van der Waals surface area contributed by atoms with Crippen molar-refractivity contribution in [3.05, 3.63) is 34.2 Å². The third kappa shape index (κ3) is 3.30. The second-order valence-corrected chi connectivity index (χ2v) is 7.13. The zero-order valence-electron chi connectivity index (χ0n) is 15.5. The summed E-state index contributed by atoms with van der Waals surface area (Å²) in [5.41, 5.74) is 1.81. The van der Waals surface area contributed by atoms with Gasteiger partial charge in [0, 0.05) is 23.2 Å². The minimum atomic E-state index is 0.173. The molecule has 1 N–H and O–H groups in total. The summed E-state index contributed by atoms with van der Waals surface area (Å²) in [6.45, 7) is 3.07. The number of aromatic nitrogens is 3. The van der Waals surface area contributed by atoms with Gasteiger partial charge in [0.05, 0.1) is 49.2 Å². The standard InChI is InChI=1S/C19H18Cl2N4O3/c1-9-22-6-10-4-12(25-19(18(10)23-9)24-11-7-28-8-11)15-16(20)13(26-2)5-14(27-3)17(15)21/h4-6,11H,7-8H2,1-3H3,(H,24,25). The summed E-state index contributed by atoms with van der Waals surface area (Å²) in [5, 5.41) is 4.90. The van der Waals surface area contributed by atoms with Gasteiger partial charge in [-0.3, -0.25) is 0 Å². The van der Waals surface area contributed by atoms with Crippen LogP contribution < -0.4 is 14.8 Å². The zero-order chi connectivity index (χ0) is 19.8. The third-order valence-corrected chi connectivity index (χ3v) is 5.25. The number of pyridine rings is 1. The van der Waals surface area contributed by atoms with Gasteiger partial charge < -0.3 is 19.5 Å². The average molecular weight is 421 g/mol. The van der Waals surface area contributed by atoms with Crippen molar-refractivity contribution in [3.63, 3.8) is 0 Å². The average Bonchev–Trinajstić information content (AvgIpc) is 2.65. The molecule has 0 saturated carbocycles. The molecular weight excluding hydrogens is 403 g/mol. The Hall–Kier alpha value is -2.35. The fourth-order valence-corrected chi connectivity index (χ4v) is 3.67. The van der Waals surface area contributed by atoms with Gasteiger partial charge in [-0.1, -0.05) is 23.2 Å². The van der Waals surface area contributed by atoms with Crippen molar-refractivity contribution in [2.75, 3.05) is 32.8 Å². The van der Waals surface area contributed by atoms with E-state index in [9.17, 15) is 0 Å². The molecule has 0 spiro atoms. The van der Waals surface area contributed by atoms with Gasteiger partial charge >= 0.3 is 0 Å². The Kier molecular flexibility index (Phi) is 5.14. The molecule has 4 rings (SSSR count). The first-order valence-corrected chi connectivity index (χ1v) is 9.36. The normalized spacial score (nSPS) is 14.0. The van der Waals surface area contributed by atoms with Crippen LogP contribution in [0.5, 0.6) is 11.5 Å². The lowest BCUT2D eigenvalue weighted by Crippen LogP contribution is -2.40. The number of hydrogen-bond acceptors (Lipinski definition) is 7. The van der Waals surface area contributed by atoms with Crippen LogP contribution in [0.4, 0.5) is 5.82 Å². The molecule has 1 saturated heterocycles. The van der Waals surface area contributed by atoms with Crippen LogP contribution in [0.3, 0.4) is 0 Å². The van der Waals surface area contributed by atoms with E-state index in [0.29, 0.717) is 57.7 Å². The minimum Gasteiger partial charge on any atom is -0.495 e. The summed E-state index contributed by atoms with van der Waals surface area (Å²) in [6, 6.07) is 3.67. The molecule has 1 aliphatic heterocycles. The van der Waals surface area contributed by atoms with E-state index in [0.717, 1.165) is 10.9 Å². The van der Waals surface area contributed by atoms with E-state index >= 15 is 0 Å². The van der Waals surface area contributed by atoms with Gasteiger partial charge in [-0.05, 0) is 13.0 Å². The quantitative estimate of drug-likeness (QED) is 0.664. The summed E-state index contributed by atoms with van der Waals surface area (Å²) in [4.78, 5) is 13.6. The number of nitrogens with one attached hydrogen (secondary N) is 1. The first-order chi connectivity index (χ1) is 13.5. The van der Waals surface area contributed by atoms with E-state index in [4.69, 9.17) is 42.4 Å². The lowest BCUT2D eigenvalue weighted by atomic mass is 10.1. The van der Waals surface area contributed by atoms with E-state index in [-0.39, 0.29) is 6.04 Å². The molecule has 28 heavy (non-hydrogen) atoms. The van der Waals surface area contributed by atoms with Gasteiger partial charge in [-0.2, -0.15) is 0 Å². The number of benzene rings is 1. The molecule has 1 aromatic carbocycles. The molecule has 0 radical (unpaired) electrons. The highest BCUT2D eigenvalue weighted by Crippen LogP contribution is 2.46. The Labute approximate surface area is 172 Å². The van der Waals surface area contributed by atoms with E-state index in [1.165, 1.54) is 14.2 Å². The topological polar surface area (TPSA) is 78.4 Å². The largest absolute Gasteiger partial charge is 0.495 e. The first kappa shape index (κ1) is 19.0. The molecular formula is C19H18Cl2N4O3. The van der Waals surface area contributed by atoms with E-state index in [1.807, 2.05) is 13.0 Å². The monoisotopic (exact) mass is 420 g/mol. The number of aryl methyl sites for hydroxylation is 1. The predicted molar refractivity (Wildman–Crippen MR) is 109 cm³/mol. The van der Waals surface area contributed by atoms with E-state index < -0.39 is 0 Å². The lowest BCUT2D eigenvalue weighted by Gasteiger charge is -2.28. The summed E-state index contributed by atoms with van der Waals surface area (Å²) in [7, 11) is 3.07. The molecule has 0 aliphatic carbocycles. The molecule has 7 nitrogen and oxygen atoms in total. The molecule has 0 amide bonds. The second kappa shape index (κ2) is 7.58. The van der Waals surface area contributed by atoms with Gasteiger partial charge in [0.1, 0.15) is 22.8 Å². The number of fused-ring (bicyclic) bond motifs is 1. The van der Waals surface area contributed by atoms with Crippen molar-refractivity contribution in [3.8, 4) is 22.8 Å².